The number of rotatable bonds is 7. The van der Waals surface area contributed by atoms with Crippen LogP contribution in [0.5, 0.6) is 5.75 Å². The Morgan fingerprint density at radius 2 is 1.74 bits per heavy atom. The molecule has 0 aliphatic carbocycles. The van der Waals surface area contributed by atoms with Crippen LogP contribution in [-0.4, -0.2) is 36.8 Å². The third-order valence-electron chi connectivity index (χ3n) is 5.34. The van der Waals surface area contributed by atoms with Crippen LogP contribution in [0.2, 0.25) is 0 Å². The molecule has 4 heterocycles. The van der Waals surface area contributed by atoms with Crippen molar-refractivity contribution < 1.29 is 4.74 Å². The van der Waals surface area contributed by atoms with E-state index in [1.54, 1.807) is 30.4 Å². The number of methoxy groups -OCH3 is 1. The van der Waals surface area contributed by atoms with Gasteiger partial charge in [-0.25, -0.2) is 9.97 Å². The second-order valence-corrected chi connectivity index (χ2v) is 7.68. The molecule has 0 aliphatic heterocycles. The highest BCUT2D eigenvalue weighted by Crippen LogP contribution is 2.37. The third kappa shape index (κ3) is 4.47. The van der Waals surface area contributed by atoms with Crippen LogP contribution in [0.3, 0.4) is 0 Å². The first kappa shape index (κ1) is 21.3. The molecule has 0 saturated carbocycles. The second-order valence-electron chi connectivity index (χ2n) is 7.68. The van der Waals surface area contributed by atoms with Crippen molar-refractivity contribution >= 4 is 5.82 Å². The van der Waals surface area contributed by atoms with Gasteiger partial charge in [-0.2, -0.15) is 5.10 Å². The normalized spacial score (nSPS) is 10.8. The van der Waals surface area contributed by atoms with Crippen LogP contribution in [0.4, 0.5) is 5.82 Å². The summed E-state index contributed by atoms with van der Waals surface area (Å²) in [6.07, 6.45) is 8.96. The predicted octanol–water partition coefficient (Wildman–Crippen LogP) is 4.62. The van der Waals surface area contributed by atoms with Crippen molar-refractivity contribution in [2.45, 2.75) is 6.54 Å². The zero-order valence-electron chi connectivity index (χ0n) is 18.9. The van der Waals surface area contributed by atoms with Gasteiger partial charge in [-0.15, -0.1) is 0 Å². The topological polar surface area (TPSA) is 90.6 Å². The van der Waals surface area contributed by atoms with Gasteiger partial charge in [0, 0.05) is 61.3 Å². The Kier molecular flexibility index (Phi) is 5.94. The van der Waals surface area contributed by atoms with Gasteiger partial charge in [0.2, 0.25) is 0 Å². The van der Waals surface area contributed by atoms with Crippen LogP contribution in [-0.2, 0) is 13.6 Å². The SMILES string of the molecule is COc1c(NCc2cccnc2)nc(-c2ccncc2)nc1-c1cccc(-c2ccn(C)n2)c1. The average molecular weight is 450 g/mol. The van der Waals surface area contributed by atoms with Gasteiger partial charge in [-0.1, -0.05) is 24.3 Å². The van der Waals surface area contributed by atoms with Crippen molar-refractivity contribution in [2.24, 2.45) is 7.05 Å². The summed E-state index contributed by atoms with van der Waals surface area (Å²) in [5.41, 5.74) is 5.38. The molecule has 0 aliphatic rings. The standard InChI is InChI=1S/C26H23N7O/c1-33-14-10-22(32-33)20-6-3-7-21(15-20)23-24(34-2)26(29-17-18-5-4-11-28-16-18)31-25(30-23)19-8-12-27-13-9-19/h3-16H,17H2,1-2H3,(H,29,30,31). The lowest BCUT2D eigenvalue weighted by Gasteiger charge is -2.16. The molecule has 8 nitrogen and oxygen atoms in total. The van der Waals surface area contributed by atoms with E-state index in [0.29, 0.717) is 29.6 Å². The Morgan fingerprint density at radius 3 is 2.47 bits per heavy atom. The van der Waals surface area contributed by atoms with Gasteiger partial charge in [0.25, 0.3) is 0 Å². The quantitative estimate of drug-likeness (QED) is 0.388. The highest BCUT2D eigenvalue weighted by molar-refractivity contribution is 5.78. The minimum atomic E-state index is 0.546. The molecule has 0 fully saturated rings. The summed E-state index contributed by atoms with van der Waals surface area (Å²) in [7, 11) is 3.54. The highest BCUT2D eigenvalue weighted by atomic mass is 16.5. The number of hydrogen-bond acceptors (Lipinski definition) is 7. The number of anilines is 1. The number of aromatic nitrogens is 6. The van der Waals surface area contributed by atoms with Crippen LogP contribution in [0.1, 0.15) is 5.56 Å². The molecule has 5 rings (SSSR count). The van der Waals surface area contributed by atoms with E-state index in [1.807, 2.05) is 68.0 Å². The van der Waals surface area contributed by atoms with E-state index >= 15 is 0 Å². The minimum absolute atomic E-state index is 0.546. The zero-order valence-corrected chi connectivity index (χ0v) is 18.9. The summed E-state index contributed by atoms with van der Waals surface area (Å²) in [4.78, 5) is 18.0. The predicted molar refractivity (Wildman–Crippen MR) is 131 cm³/mol. The molecule has 0 unspecified atom stereocenters. The van der Waals surface area contributed by atoms with Crippen molar-refractivity contribution in [1.29, 1.82) is 0 Å². The minimum Gasteiger partial charge on any atom is -0.491 e. The molecule has 8 heteroatoms. The summed E-state index contributed by atoms with van der Waals surface area (Å²) in [5, 5.41) is 7.93. The molecule has 1 aromatic carbocycles. The van der Waals surface area contributed by atoms with Crippen molar-refractivity contribution in [1.82, 2.24) is 29.7 Å². The van der Waals surface area contributed by atoms with Crippen LogP contribution in [0.25, 0.3) is 33.9 Å². The molecule has 4 aromatic heterocycles. The van der Waals surface area contributed by atoms with E-state index < -0.39 is 0 Å². The van der Waals surface area contributed by atoms with Gasteiger partial charge in [-0.3, -0.25) is 14.6 Å². The molecule has 5 aromatic rings. The first-order valence-electron chi connectivity index (χ1n) is 10.8. The van der Waals surface area contributed by atoms with E-state index in [-0.39, 0.29) is 0 Å². The summed E-state index contributed by atoms with van der Waals surface area (Å²) < 4.78 is 7.61. The van der Waals surface area contributed by atoms with Crippen LogP contribution in [0, 0.1) is 0 Å². The zero-order chi connectivity index (χ0) is 23.3. The summed E-state index contributed by atoms with van der Waals surface area (Å²) in [5.74, 6) is 1.75. The Morgan fingerprint density at radius 1 is 0.882 bits per heavy atom. The monoisotopic (exact) mass is 449 g/mol. The van der Waals surface area contributed by atoms with Gasteiger partial charge in [0.15, 0.2) is 17.4 Å². The Bertz CT molecular complexity index is 1400. The largest absolute Gasteiger partial charge is 0.491 e. The maximum absolute atomic E-state index is 5.82. The molecule has 0 saturated heterocycles. The maximum atomic E-state index is 5.82. The van der Waals surface area contributed by atoms with Crippen LogP contribution >= 0.6 is 0 Å². The van der Waals surface area contributed by atoms with Crippen LogP contribution in [0.15, 0.2) is 85.6 Å². The molecule has 0 bridgehead atoms. The lowest BCUT2D eigenvalue weighted by Crippen LogP contribution is -2.07. The molecule has 0 atom stereocenters. The van der Waals surface area contributed by atoms with Gasteiger partial charge < -0.3 is 10.1 Å². The number of nitrogens with one attached hydrogen (secondary N) is 1. The molecular formula is C26H23N7O. The lowest BCUT2D eigenvalue weighted by molar-refractivity contribution is 0.415. The van der Waals surface area contributed by atoms with Gasteiger partial charge in [0.1, 0.15) is 5.69 Å². The highest BCUT2D eigenvalue weighted by Gasteiger charge is 2.19. The first-order valence-corrected chi connectivity index (χ1v) is 10.8. The van der Waals surface area contributed by atoms with E-state index in [1.165, 1.54) is 0 Å². The molecule has 168 valence electrons. The Labute approximate surface area is 197 Å². The summed E-state index contributed by atoms with van der Waals surface area (Å²) in [6.45, 7) is 0.546. The van der Waals surface area contributed by atoms with Crippen molar-refractivity contribution in [3.05, 3.63) is 91.1 Å². The number of nitrogens with zero attached hydrogens (tertiary/aromatic N) is 6. The number of pyridine rings is 2. The smallest absolute Gasteiger partial charge is 0.187 e. The number of benzene rings is 1. The van der Waals surface area contributed by atoms with Crippen molar-refractivity contribution in [2.75, 3.05) is 12.4 Å². The maximum Gasteiger partial charge on any atom is 0.187 e. The fourth-order valence-electron chi connectivity index (χ4n) is 3.67. The van der Waals surface area contributed by atoms with Gasteiger partial charge in [-0.05, 0) is 35.9 Å². The van der Waals surface area contributed by atoms with E-state index in [4.69, 9.17) is 14.7 Å². The van der Waals surface area contributed by atoms with E-state index in [2.05, 4.69) is 26.4 Å². The first-order chi connectivity index (χ1) is 16.7. The van der Waals surface area contributed by atoms with E-state index in [9.17, 15) is 0 Å². The fourth-order valence-corrected chi connectivity index (χ4v) is 3.67. The third-order valence-corrected chi connectivity index (χ3v) is 5.34. The van der Waals surface area contributed by atoms with Crippen molar-refractivity contribution in [3.8, 4) is 39.7 Å². The van der Waals surface area contributed by atoms with Gasteiger partial charge >= 0.3 is 0 Å². The molecule has 0 amide bonds. The Hall–Kier alpha value is -4.59. The lowest BCUT2D eigenvalue weighted by atomic mass is 10.0. The second kappa shape index (κ2) is 9.50. The summed E-state index contributed by atoms with van der Waals surface area (Å²) in [6, 6.07) is 17.8. The van der Waals surface area contributed by atoms with Crippen molar-refractivity contribution in [3.63, 3.8) is 0 Å². The average Bonchev–Trinajstić information content (AvgIpc) is 3.34. The number of hydrogen-bond donors (Lipinski definition) is 1. The fraction of sp³-hybridized carbons (Fsp3) is 0.115. The molecule has 0 radical (unpaired) electrons. The van der Waals surface area contributed by atoms with Crippen LogP contribution < -0.4 is 10.1 Å². The molecule has 1 N–H and O–H groups in total. The molecular weight excluding hydrogens is 426 g/mol. The Balaban J connectivity index is 1.62. The van der Waals surface area contributed by atoms with E-state index in [0.717, 1.165) is 27.9 Å². The van der Waals surface area contributed by atoms with Gasteiger partial charge in [0.05, 0.1) is 12.8 Å². The number of aryl methyl sites for hydroxylation is 1. The summed E-state index contributed by atoms with van der Waals surface area (Å²) >= 11 is 0. The molecule has 0 spiro atoms. The molecule has 34 heavy (non-hydrogen) atoms. The number of ether oxygens (including phenoxy) is 1.